The second-order valence-electron chi connectivity index (χ2n) is 3.80. The van der Waals surface area contributed by atoms with E-state index in [0.717, 1.165) is 12.3 Å². The van der Waals surface area contributed by atoms with Crippen molar-refractivity contribution in [1.29, 1.82) is 0 Å². The van der Waals surface area contributed by atoms with Crippen LogP contribution in [-0.4, -0.2) is 0 Å². The predicted octanol–water partition coefficient (Wildman–Crippen LogP) is 3.20. The second kappa shape index (κ2) is 2.58. The molecule has 2 heteroatoms. The van der Waals surface area contributed by atoms with Crippen molar-refractivity contribution >= 4 is 0 Å². The van der Waals surface area contributed by atoms with Gasteiger partial charge in [-0.3, -0.25) is 0 Å². The fourth-order valence-corrected chi connectivity index (χ4v) is 2.66. The van der Waals surface area contributed by atoms with Crippen molar-refractivity contribution in [2.24, 2.45) is 17.8 Å². The lowest BCUT2D eigenvalue weighted by atomic mass is 9.89. The lowest BCUT2D eigenvalue weighted by Gasteiger charge is -2.16. The molecule has 2 aliphatic rings. The number of halogens is 2. The van der Waals surface area contributed by atoms with Crippen LogP contribution < -0.4 is 0 Å². The first kappa shape index (κ1) is 7.26. The highest BCUT2D eigenvalue weighted by atomic mass is 19.3. The lowest BCUT2D eigenvalue weighted by molar-refractivity contribution is 0.359. The molecular weight excluding hydrogens is 146 g/mol. The van der Waals surface area contributed by atoms with Gasteiger partial charge in [0, 0.05) is 0 Å². The third-order valence-corrected chi connectivity index (χ3v) is 3.13. The van der Waals surface area contributed by atoms with Gasteiger partial charge in [0.05, 0.1) is 0 Å². The number of rotatable bonds is 1. The summed E-state index contributed by atoms with van der Waals surface area (Å²) in [6, 6.07) is 0. The smallest absolute Gasteiger partial charge is 0.174 e. The standard InChI is InChI=1S/C9H12F2/c10-9(11)5-8-4-6-1-2-7(8)3-6/h5-8H,1-4H2/t6-,7+,8-/m1/s1. The topological polar surface area (TPSA) is 0 Å². The summed E-state index contributed by atoms with van der Waals surface area (Å²) in [7, 11) is 0. The average Bonchev–Trinajstić information content (AvgIpc) is 2.45. The highest BCUT2D eigenvalue weighted by molar-refractivity contribution is 5.00. The van der Waals surface area contributed by atoms with Crippen LogP contribution in [0, 0.1) is 17.8 Å². The van der Waals surface area contributed by atoms with Crippen LogP contribution in [0.3, 0.4) is 0 Å². The Kier molecular flexibility index (Phi) is 1.70. The van der Waals surface area contributed by atoms with Crippen molar-refractivity contribution in [1.82, 2.24) is 0 Å². The normalized spacial score (nSPS) is 41.1. The summed E-state index contributed by atoms with van der Waals surface area (Å²) in [5, 5.41) is 0. The van der Waals surface area contributed by atoms with Gasteiger partial charge >= 0.3 is 0 Å². The van der Waals surface area contributed by atoms with E-state index in [1.165, 1.54) is 25.3 Å². The van der Waals surface area contributed by atoms with Crippen molar-refractivity contribution in [3.8, 4) is 0 Å². The fraction of sp³-hybridized carbons (Fsp3) is 0.778. The summed E-state index contributed by atoms with van der Waals surface area (Å²) < 4.78 is 23.7. The van der Waals surface area contributed by atoms with Gasteiger partial charge < -0.3 is 0 Å². The molecule has 0 aromatic rings. The van der Waals surface area contributed by atoms with E-state index in [9.17, 15) is 8.78 Å². The third-order valence-electron chi connectivity index (χ3n) is 3.13. The minimum Gasteiger partial charge on any atom is -0.174 e. The Morgan fingerprint density at radius 1 is 1.18 bits per heavy atom. The molecule has 0 amide bonds. The molecule has 0 nitrogen and oxygen atoms in total. The molecule has 2 fully saturated rings. The summed E-state index contributed by atoms with van der Waals surface area (Å²) in [6.07, 6.45) is 4.37. The van der Waals surface area contributed by atoms with Crippen molar-refractivity contribution in [3.63, 3.8) is 0 Å². The first-order chi connectivity index (χ1) is 5.25. The molecule has 11 heavy (non-hydrogen) atoms. The van der Waals surface area contributed by atoms with Crippen molar-refractivity contribution < 1.29 is 8.78 Å². The van der Waals surface area contributed by atoms with Crippen LogP contribution in [0.25, 0.3) is 0 Å². The Balaban J connectivity index is 2.03. The van der Waals surface area contributed by atoms with Gasteiger partial charge in [0.2, 0.25) is 0 Å². The maximum atomic E-state index is 11.9. The number of hydrogen-bond acceptors (Lipinski definition) is 0. The molecule has 0 unspecified atom stereocenters. The van der Waals surface area contributed by atoms with Gasteiger partial charge in [0.15, 0.2) is 0 Å². The zero-order chi connectivity index (χ0) is 7.84. The van der Waals surface area contributed by atoms with Crippen molar-refractivity contribution in [2.75, 3.05) is 0 Å². The van der Waals surface area contributed by atoms with Gasteiger partial charge in [-0.2, -0.15) is 8.78 Å². The van der Waals surface area contributed by atoms with Gasteiger partial charge in [-0.1, -0.05) is 6.42 Å². The van der Waals surface area contributed by atoms with E-state index in [-0.39, 0.29) is 5.92 Å². The Hall–Kier alpha value is -0.400. The Bertz CT molecular complexity index is 182. The highest BCUT2D eigenvalue weighted by Gasteiger charge is 2.38. The van der Waals surface area contributed by atoms with Crippen LogP contribution in [0.1, 0.15) is 25.7 Å². The van der Waals surface area contributed by atoms with Gasteiger partial charge in [0.25, 0.3) is 6.08 Å². The quantitative estimate of drug-likeness (QED) is 0.549. The van der Waals surface area contributed by atoms with E-state index in [1.54, 1.807) is 0 Å². The predicted molar refractivity (Wildman–Crippen MR) is 39.2 cm³/mol. The van der Waals surface area contributed by atoms with Crippen LogP contribution in [0.4, 0.5) is 8.78 Å². The van der Waals surface area contributed by atoms with Crippen molar-refractivity contribution in [2.45, 2.75) is 25.7 Å². The van der Waals surface area contributed by atoms with Crippen LogP contribution >= 0.6 is 0 Å². The first-order valence-corrected chi connectivity index (χ1v) is 4.28. The third kappa shape index (κ3) is 1.31. The number of fused-ring (bicyclic) bond motifs is 2. The summed E-state index contributed by atoms with van der Waals surface area (Å²) in [4.78, 5) is 0. The molecule has 2 bridgehead atoms. The molecule has 2 saturated carbocycles. The van der Waals surface area contributed by atoms with Crippen LogP contribution in [0.2, 0.25) is 0 Å². The summed E-state index contributed by atoms with van der Waals surface area (Å²) in [5.74, 6) is 1.56. The van der Waals surface area contributed by atoms with E-state index < -0.39 is 6.08 Å². The molecule has 0 aliphatic heterocycles. The highest BCUT2D eigenvalue weighted by Crippen LogP contribution is 2.49. The Morgan fingerprint density at radius 3 is 2.45 bits per heavy atom. The molecule has 0 aromatic heterocycles. The van der Waals surface area contributed by atoms with Crippen LogP contribution in [0.15, 0.2) is 12.2 Å². The van der Waals surface area contributed by atoms with Crippen molar-refractivity contribution in [3.05, 3.63) is 12.2 Å². The van der Waals surface area contributed by atoms with E-state index >= 15 is 0 Å². The monoisotopic (exact) mass is 158 g/mol. The molecule has 62 valence electrons. The molecule has 0 N–H and O–H groups in total. The molecule has 0 saturated heterocycles. The second-order valence-corrected chi connectivity index (χ2v) is 3.80. The Labute approximate surface area is 65.3 Å². The van der Waals surface area contributed by atoms with Gasteiger partial charge in [0.1, 0.15) is 0 Å². The summed E-state index contributed by atoms with van der Waals surface area (Å²) in [6.45, 7) is 0. The zero-order valence-electron chi connectivity index (χ0n) is 6.39. The lowest BCUT2D eigenvalue weighted by Crippen LogP contribution is -2.07. The number of allylic oxidation sites excluding steroid dienone is 1. The molecule has 2 rings (SSSR count). The largest absolute Gasteiger partial charge is 0.266 e. The SMILES string of the molecule is FC(F)=C[C@H]1C[C@@H]2CC[C@H]1C2. The van der Waals surface area contributed by atoms with E-state index in [4.69, 9.17) is 0 Å². The molecule has 3 atom stereocenters. The Morgan fingerprint density at radius 2 is 2.00 bits per heavy atom. The maximum Gasteiger partial charge on any atom is 0.266 e. The molecule has 0 spiro atoms. The number of hydrogen-bond donors (Lipinski definition) is 0. The van der Waals surface area contributed by atoms with Gasteiger partial charge in [-0.05, 0) is 43.1 Å². The average molecular weight is 158 g/mol. The maximum absolute atomic E-state index is 11.9. The molecule has 0 radical (unpaired) electrons. The summed E-state index contributed by atoms with van der Waals surface area (Å²) in [5.41, 5.74) is 0. The van der Waals surface area contributed by atoms with Gasteiger partial charge in [-0.15, -0.1) is 0 Å². The molecule has 0 heterocycles. The van der Waals surface area contributed by atoms with E-state index in [1.807, 2.05) is 0 Å². The molecule has 2 aliphatic carbocycles. The van der Waals surface area contributed by atoms with Crippen LogP contribution in [-0.2, 0) is 0 Å². The molecule has 0 aromatic carbocycles. The molecular formula is C9H12F2. The zero-order valence-corrected chi connectivity index (χ0v) is 6.39. The van der Waals surface area contributed by atoms with Gasteiger partial charge in [-0.25, -0.2) is 0 Å². The summed E-state index contributed by atoms with van der Waals surface area (Å²) >= 11 is 0. The van der Waals surface area contributed by atoms with Crippen LogP contribution in [0.5, 0.6) is 0 Å². The van der Waals surface area contributed by atoms with E-state index in [0.29, 0.717) is 5.92 Å². The first-order valence-electron chi connectivity index (χ1n) is 4.28. The minimum absolute atomic E-state index is 0.207. The fourth-order valence-electron chi connectivity index (χ4n) is 2.66. The minimum atomic E-state index is -1.48. The van der Waals surface area contributed by atoms with E-state index in [2.05, 4.69) is 0 Å².